The molecule has 0 aromatic heterocycles. The molecular formula is C6H9NO. The summed E-state index contributed by atoms with van der Waals surface area (Å²) in [4.78, 5) is 9.54. The maximum Gasteiger partial charge on any atom is 0.121 e. The number of rotatable bonds is 3. The third kappa shape index (κ3) is 4.99. The summed E-state index contributed by atoms with van der Waals surface area (Å²) in [5, 5.41) is 2.83. The molecule has 0 radical (unpaired) electrons. The lowest BCUT2D eigenvalue weighted by Gasteiger charge is -1.95. The van der Waals surface area contributed by atoms with Crippen LogP contribution < -0.4 is 5.32 Å². The molecule has 0 heterocycles. The Bertz CT molecular complexity index is 120. The lowest BCUT2D eigenvalue weighted by Crippen LogP contribution is -2.08. The molecule has 1 N–H and O–H groups in total. The maximum atomic E-state index is 9.54. The van der Waals surface area contributed by atoms with Crippen LogP contribution in [0.2, 0.25) is 0 Å². The molecular weight excluding hydrogens is 102 g/mol. The summed E-state index contributed by atoms with van der Waals surface area (Å²) in [5.41, 5.74) is 0.858. The van der Waals surface area contributed by atoms with Crippen LogP contribution in [-0.2, 0) is 4.79 Å². The van der Waals surface area contributed by atoms with E-state index in [2.05, 4.69) is 11.9 Å². The molecule has 0 atom stereocenters. The van der Waals surface area contributed by atoms with Gasteiger partial charge in [0.15, 0.2) is 0 Å². The Balaban J connectivity index is 3.18. The van der Waals surface area contributed by atoms with Crippen LogP contribution in [0.1, 0.15) is 6.92 Å². The second kappa shape index (κ2) is 4.16. The van der Waals surface area contributed by atoms with E-state index in [0.717, 1.165) is 5.70 Å². The number of nitrogens with one attached hydrogen (secondary N) is 1. The molecule has 8 heavy (non-hydrogen) atoms. The summed E-state index contributed by atoms with van der Waals surface area (Å²) in [5.74, 6) is 1.64. The highest BCUT2D eigenvalue weighted by Gasteiger charge is 1.75. The SMILES string of the molecule is C=C(C)NCC=C=O. The Labute approximate surface area is 48.9 Å². The van der Waals surface area contributed by atoms with Crippen molar-refractivity contribution in [3.63, 3.8) is 0 Å². The highest BCUT2D eigenvalue weighted by molar-refractivity contribution is 5.45. The lowest BCUT2D eigenvalue weighted by molar-refractivity contribution is 0.568. The third-order valence-electron chi connectivity index (χ3n) is 0.589. The average Bonchev–Trinajstić information content (AvgIpc) is 1.66. The van der Waals surface area contributed by atoms with Gasteiger partial charge in [0.05, 0.1) is 0 Å². The minimum absolute atomic E-state index is 0.527. The fraction of sp³-hybridized carbons (Fsp3) is 0.333. The monoisotopic (exact) mass is 111 g/mol. The van der Waals surface area contributed by atoms with Crippen LogP contribution in [0.15, 0.2) is 18.4 Å². The second-order valence-electron chi connectivity index (χ2n) is 1.48. The first-order valence-electron chi connectivity index (χ1n) is 2.36. The van der Waals surface area contributed by atoms with Crippen molar-refractivity contribution >= 4 is 5.94 Å². The fourth-order valence-electron chi connectivity index (χ4n) is 0.267. The van der Waals surface area contributed by atoms with E-state index in [1.165, 1.54) is 6.08 Å². The van der Waals surface area contributed by atoms with Gasteiger partial charge in [-0.3, -0.25) is 0 Å². The molecule has 0 unspecified atom stereocenters. The lowest BCUT2D eigenvalue weighted by atomic mass is 10.5. The number of hydrogen-bond donors (Lipinski definition) is 1. The molecule has 0 fully saturated rings. The summed E-state index contributed by atoms with van der Waals surface area (Å²) < 4.78 is 0. The minimum Gasteiger partial charge on any atom is -0.385 e. The third-order valence-corrected chi connectivity index (χ3v) is 0.589. The summed E-state index contributed by atoms with van der Waals surface area (Å²) in [6.45, 7) is 5.92. The van der Waals surface area contributed by atoms with Gasteiger partial charge in [0.1, 0.15) is 5.94 Å². The average molecular weight is 111 g/mol. The van der Waals surface area contributed by atoms with Crippen molar-refractivity contribution in [3.8, 4) is 0 Å². The zero-order valence-corrected chi connectivity index (χ0v) is 4.90. The molecule has 2 heteroatoms. The smallest absolute Gasteiger partial charge is 0.121 e. The Morgan fingerprint density at radius 2 is 2.62 bits per heavy atom. The van der Waals surface area contributed by atoms with Crippen molar-refractivity contribution in [1.29, 1.82) is 0 Å². The van der Waals surface area contributed by atoms with Crippen molar-refractivity contribution in [3.05, 3.63) is 18.4 Å². The van der Waals surface area contributed by atoms with E-state index in [4.69, 9.17) is 0 Å². The van der Waals surface area contributed by atoms with Gasteiger partial charge in [-0.2, -0.15) is 0 Å². The summed E-state index contributed by atoms with van der Waals surface area (Å²) in [6.07, 6.45) is 1.37. The van der Waals surface area contributed by atoms with E-state index in [0.29, 0.717) is 6.54 Å². The van der Waals surface area contributed by atoms with Gasteiger partial charge in [0.25, 0.3) is 0 Å². The highest BCUT2D eigenvalue weighted by Crippen LogP contribution is 1.74. The minimum atomic E-state index is 0.527. The second-order valence-corrected chi connectivity index (χ2v) is 1.48. The van der Waals surface area contributed by atoms with E-state index in [9.17, 15) is 4.79 Å². The Morgan fingerprint density at radius 1 is 2.00 bits per heavy atom. The molecule has 0 aliphatic carbocycles. The van der Waals surface area contributed by atoms with Crippen LogP contribution in [0, 0.1) is 0 Å². The Morgan fingerprint density at radius 3 is 3.00 bits per heavy atom. The van der Waals surface area contributed by atoms with E-state index in [1.54, 1.807) is 5.94 Å². The molecule has 0 saturated heterocycles. The largest absolute Gasteiger partial charge is 0.385 e. The van der Waals surface area contributed by atoms with Gasteiger partial charge in [-0.05, 0) is 6.92 Å². The molecule has 0 aliphatic heterocycles. The van der Waals surface area contributed by atoms with Crippen LogP contribution in [-0.4, -0.2) is 12.5 Å². The Hall–Kier alpha value is -1.01. The van der Waals surface area contributed by atoms with Gasteiger partial charge in [-0.15, -0.1) is 0 Å². The van der Waals surface area contributed by atoms with Gasteiger partial charge >= 0.3 is 0 Å². The molecule has 0 aliphatic rings. The first-order chi connectivity index (χ1) is 3.77. The molecule has 0 spiro atoms. The quantitative estimate of drug-likeness (QED) is 0.537. The molecule has 0 rings (SSSR count). The van der Waals surface area contributed by atoms with Gasteiger partial charge in [-0.1, -0.05) is 6.58 Å². The maximum absolute atomic E-state index is 9.54. The predicted molar refractivity (Wildman–Crippen MR) is 33.1 cm³/mol. The van der Waals surface area contributed by atoms with Crippen LogP contribution in [0.3, 0.4) is 0 Å². The van der Waals surface area contributed by atoms with Gasteiger partial charge in [-0.25, -0.2) is 4.79 Å². The Kier molecular flexibility index (Phi) is 3.63. The van der Waals surface area contributed by atoms with E-state index in [-0.39, 0.29) is 0 Å². The zero-order valence-electron chi connectivity index (χ0n) is 4.90. The van der Waals surface area contributed by atoms with E-state index < -0.39 is 0 Å². The number of carbonyl (C=O) groups excluding carboxylic acids is 1. The van der Waals surface area contributed by atoms with E-state index in [1.807, 2.05) is 6.92 Å². The van der Waals surface area contributed by atoms with Crippen molar-refractivity contribution in [2.75, 3.05) is 6.54 Å². The first-order valence-corrected chi connectivity index (χ1v) is 2.36. The summed E-state index contributed by atoms with van der Waals surface area (Å²) >= 11 is 0. The molecule has 0 bridgehead atoms. The normalized spacial score (nSPS) is 7.12. The molecule has 0 saturated carbocycles. The van der Waals surface area contributed by atoms with Crippen molar-refractivity contribution in [1.82, 2.24) is 5.32 Å². The zero-order chi connectivity index (χ0) is 6.41. The summed E-state index contributed by atoms with van der Waals surface area (Å²) in [7, 11) is 0. The van der Waals surface area contributed by atoms with E-state index >= 15 is 0 Å². The fourth-order valence-corrected chi connectivity index (χ4v) is 0.267. The van der Waals surface area contributed by atoms with Crippen LogP contribution in [0.4, 0.5) is 0 Å². The standard InChI is InChI=1S/C6H9NO/c1-6(2)7-4-3-5-8/h3,7H,1,4H2,2H3. The molecule has 2 nitrogen and oxygen atoms in total. The molecule has 0 aromatic carbocycles. The highest BCUT2D eigenvalue weighted by atomic mass is 16.1. The molecule has 44 valence electrons. The van der Waals surface area contributed by atoms with Crippen LogP contribution >= 0.6 is 0 Å². The summed E-state index contributed by atoms with van der Waals surface area (Å²) in [6, 6.07) is 0. The van der Waals surface area contributed by atoms with Crippen molar-refractivity contribution < 1.29 is 4.79 Å². The predicted octanol–water partition coefficient (Wildman–Crippen LogP) is 0.497. The van der Waals surface area contributed by atoms with Crippen molar-refractivity contribution in [2.45, 2.75) is 6.92 Å². The first kappa shape index (κ1) is 6.99. The topological polar surface area (TPSA) is 29.1 Å². The van der Waals surface area contributed by atoms with Gasteiger partial charge in [0.2, 0.25) is 0 Å². The van der Waals surface area contributed by atoms with Crippen LogP contribution in [0.25, 0.3) is 0 Å². The van der Waals surface area contributed by atoms with Gasteiger partial charge in [0, 0.05) is 18.3 Å². The number of allylic oxidation sites excluding steroid dienone is 1. The molecule has 0 amide bonds. The van der Waals surface area contributed by atoms with Gasteiger partial charge < -0.3 is 5.32 Å². The number of hydrogen-bond acceptors (Lipinski definition) is 2. The van der Waals surface area contributed by atoms with Crippen molar-refractivity contribution in [2.24, 2.45) is 0 Å². The molecule has 0 aromatic rings. The van der Waals surface area contributed by atoms with Crippen LogP contribution in [0.5, 0.6) is 0 Å².